The summed E-state index contributed by atoms with van der Waals surface area (Å²) in [5.41, 5.74) is 2.22. The molecule has 1 amide bonds. The number of nitrogens with zero attached hydrogens (tertiary/aromatic N) is 1. The van der Waals surface area contributed by atoms with Crippen LogP contribution in [0.1, 0.15) is 60.9 Å². The van der Waals surface area contributed by atoms with E-state index in [0.717, 1.165) is 11.1 Å². The van der Waals surface area contributed by atoms with E-state index in [1.165, 1.54) is 36.4 Å². The molecule has 0 aromatic heterocycles. The summed E-state index contributed by atoms with van der Waals surface area (Å²) >= 11 is 0. The van der Waals surface area contributed by atoms with Crippen molar-refractivity contribution < 1.29 is 52.8 Å². The monoisotopic (exact) mass is 665 g/mol. The second-order valence-corrected chi connectivity index (χ2v) is 12.5. The normalized spacial score (nSPS) is 19.6. The minimum absolute atomic E-state index is 0.141. The number of carbonyl (C=O) groups excluding carboxylic acids is 2. The van der Waals surface area contributed by atoms with E-state index in [4.69, 9.17) is 14.6 Å². The van der Waals surface area contributed by atoms with Gasteiger partial charge in [-0.05, 0) is 78.8 Å². The molecule has 2 heterocycles. The number of benzene rings is 3. The highest BCUT2D eigenvalue weighted by Gasteiger charge is 2.48. The molecule has 0 saturated carbocycles. The molecule has 4 atom stereocenters. The van der Waals surface area contributed by atoms with E-state index in [-0.39, 0.29) is 38.2 Å². The van der Waals surface area contributed by atoms with Gasteiger partial charge in [-0.15, -0.1) is 0 Å². The zero-order chi connectivity index (χ0) is 34.4. The summed E-state index contributed by atoms with van der Waals surface area (Å²) < 4.78 is 38.3. The van der Waals surface area contributed by atoms with Crippen LogP contribution in [-0.4, -0.2) is 64.4 Å². The quantitative estimate of drug-likeness (QED) is 0.169. The van der Waals surface area contributed by atoms with Crippen LogP contribution in [0.15, 0.2) is 72.8 Å². The number of hydrogen-bond donors (Lipinski definition) is 3. The van der Waals surface area contributed by atoms with Crippen molar-refractivity contribution in [2.24, 2.45) is 11.8 Å². The number of aliphatic carboxylic acids is 2. The first-order valence-electron chi connectivity index (χ1n) is 15.7. The van der Waals surface area contributed by atoms with Crippen molar-refractivity contribution >= 4 is 29.3 Å². The molecular formula is C36H37F2NO9. The maximum atomic E-state index is 13.7. The molecule has 3 aromatic carbocycles. The number of amides is 1. The Morgan fingerprint density at radius 1 is 0.917 bits per heavy atom. The Morgan fingerprint density at radius 3 is 2.10 bits per heavy atom. The Labute approximate surface area is 275 Å². The lowest BCUT2D eigenvalue weighted by atomic mass is 9.78. The number of hydrogen-bond acceptors (Lipinski definition) is 7. The van der Waals surface area contributed by atoms with Crippen molar-refractivity contribution in [3.05, 3.63) is 101 Å². The van der Waals surface area contributed by atoms with E-state index < -0.39 is 65.7 Å². The van der Waals surface area contributed by atoms with Crippen LogP contribution in [0.4, 0.5) is 14.5 Å². The summed E-state index contributed by atoms with van der Waals surface area (Å²) in [6.07, 6.45) is -0.200. The maximum absolute atomic E-state index is 13.7. The van der Waals surface area contributed by atoms with Gasteiger partial charge in [0.25, 0.3) is 0 Å². The number of rotatable bonds is 17. The highest BCUT2D eigenvalue weighted by molar-refractivity contribution is 6.03. The van der Waals surface area contributed by atoms with Crippen LogP contribution < -0.4 is 4.90 Å². The van der Waals surface area contributed by atoms with Crippen molar-refractivity contribution in [2.45, 2.75) is 56.3 Å². The lowest BCUT2D eigenvalue weighted by Crippen LogP contribution is -2.55. The standard InChI is InChI=1S/C36H37F2NO9/c37-26-7-5-23(6-8-26)31(41)14-13-30-33(39(34(30)44)28-11-9-27(38)10-12-28)24-3-1-22(2-4-24)15-16-36(20-47-21-36)48-19-29(40)17-25(35(45)46)18-32(42)43/h1-12,25,30-31,33,41H,13-21H2,(H,42,43)(H,45,46)/t25?,30-,31+,33-/m1/s1. The molecule has 3 aromatic rings. The summed E-state index contributed by atoms with van der Waals surface area (Å²) in [6, 6.07) is 18.7. The Balaban J connectivity index is 1.22. The number of β-lactam (4-membered cyclic amide) rings is 1. The smallest absolute Gasteiger partial charge is 0.307 e. The Kier molecular flexibility index (Phi) is 11.0. The summed E-state index contributed by atoms with van der Waals surface area (Å²) in [5, 5.41) is 28.8. The van der Waals surface area contributed by atoms with Gasteiger partial charge < -0.3 is 29.7 Å². The van der Waals surface area contributed by atoms with Crippen LogP contribution in [0.3, 0.4) is 0 Å². The van der Waals surface area contributed by atoms with Gasteiger partial charge in [-0.25, -0.2) is 8.78 Å². The molecule has 2 aliphatic rings. The van der Waals surface area contributed by atoms with E-state index in [0.29, 0.717) is 30.5 Å². The molecule has 1 unspecified atom stereocenters. The van der Waals surface area contributed by atoms with Gasteiger partial charge in [0, 0.05) is 12.1 Å². The molecule has 0 aliphatic carbocycles. The van der Waals surface area contributed by atoms with Crippen molar-refractivity contribution in [1.82, 2.24) is 0 Å². The highest BCUT2D eigenvalue weighted by atomic mass is 19.1. The molecule has 3 N–H and O–H groups in total. The first-order valence-corrected chi connectivity index (χ1v) is 15.7. The maximum Gasteiger partial charge on any atom is 0.307 e. The third kappa shape index (κ3) is 8.30. The molecular weight excluding hydrogens is 628 g/mol. The molecule has 48 heavy (non-hydrogen) atoms. The summed E-state index contributed by atoms with van der Waals surface area (Å²) in [4.78, 5) is 49.7. The van der Waals surface area contributed by atoms with Gasteiger partial charge in [-0.3, -0.25) is 19.2 Å². The second kappa shape index (κ2) is 15.1. The van der Waals surface area contributed by atoms with Crippen LogP contribution in [0.2, 0.25) is 0 Å². The fourth-order valence-corrected chi connectivity index (χ4v) is 6.20. The number of anilines is 1. The first kappa shape index (κ1) is 34.8. The van der Waals surface area contributed by atoms with E-state index in [9.17, 15) is 38.2 Å². The van der Waals surface area contributed by atoms with E-state index in [2.05, 4.69) is 0 Å². The molecule has 0 spiro atoms. The Morgan fingerprint density at radius 2 is 1.54 bits per heavy atom. The topological polar surface area (TPSA) is 151 Å². The number of ketones is 1. The predicted molar refractivity (Wildman–Crippen MR) is 168 cm³/mol. The van der Waals surface area contributed by atoms with Gasteiger partial charge >= 0.3 is 11.9 Å². The molecule has 2 fully saturated rings. The van der Waals surface area contributed by atoms with Crippen LogP contribution in [0, 0.1) is 23.5 Å². The predicted octanol–water partition coefficient (Wildman–Crippen LogP) is 5.04. The molecule has 2 saturated heterocycles. The minimum Gasteiger partial charge on any atom is -0.481 e. The number of halogens is 2. The fourth-order valence-electron chi connectivity index (χ4n) is 6.20. The van der Waals surface area contributed by atoms with Crippen LogP contribution in [0.25, 0.3) is 0 Å². The molecule has 254 valence electrons. The molecule has 2 aliphatic heterocycles. The molecule has 0 radical (unpaired) electrons. The SMILES string of the molecule is O=C(O)CC(CC(=O)COC1(CCc2ccc([C@@H]3[C@@H](CC[C@H](O)c4ccc(F)cc4)C(=O)N3c3ccc(F)cc3)cc2)COC1)C(=O)O. The van der Waals surface area contributed by atoms with E-state index in [1.54, 1.807) is 17.0 Å². The number of Topliss-reactive ketones (excluding diaryl/α,β-unsaturated/α-hetero) is 1. The molecule has 10 nitrogen and oxygen atoms in total. The number of aryl methyl sites for hydroxylation is 1. The van der Waals surface area contributed by atoms with Crippen LogP contribution in [0.5, 0.6) is 0 Å². The third-order valence-electron chi connectivity index (χ3n) is 9.03. The Hall–Kier alpha value is -4.52. The average molecular weight is 666 g/mol. The van der Waals surface area contributed by atoms with Gasteiger partial charge in [0.1, 0.15) is 23.8 Å². The van der Waals surface area contributed by atoms with Crippen molar-refractivity contribution in [2.75, 3.05) is 24.7 Å². The van der Waals surface area contributed by atoms with Crippen LogP contribution in [-0.2, 0) is 35.1 Å². The lowest BCUT2D eigenvalue weighted by Gasteiger charge is -2.48. The Bertz CT molecular complexity index is 1610. The highest BCUT2D eigenvalue weighted by Crippen LogP contribution is 2.46. The zero-order valence-electron chi connectivity index (χ0n) is 26.1. The lowest BCUT2D eigenvalue weighted by molar-refractivity contribution is -0.212. The number of carboxylic acids is 2. The number of aliphatic hydroxyl groups excluding tert-OH is 1. The number of aliphatic hydroxyl groups is 1. The van der Waals surface area contributed by atoms with Crippen LogP contribution >= 0.6 is 0 Å². The van der Waals surface area contributed by atoms with Gasteiger partial charge in [-0.2, -0.15) is 0 Å². The van der Waals surface area contributed by atoms with Gasteiger partial charge in [0.15, 0.2) is 5.78 Å². The fraction of sp³-hybridized carbons (Fsp3) is 0.389. The number of ether oxygens (including phenoxy) is 2. The minimum atomic E-state index is -1.35. The van der Waals surface area contributed by atoms with Crippen molar-refractivity contribution in [3.8, 4) is 0 Å². The van der Waals surface area contributed by atoms with Gasteiger partial charge in [-0.1, -0.05) is 36.4 Å². The summed E-state index contributed by atoms with van der Waals surface area (Å²) in [7, 11) is 0. The van der Waals surface area contributed by atoms with Gasteiger partial charge in [0.2, 0.25) is 5.91 Å². The molecule has 0 bridgehead atoms. The number of carbonyl (C=O) groups is 4. The molecule has 12 heteroatoms. The van der Waals surface area contributed by atoms with Gasteiger partial charge in [0.05, 0.1) is 43.6 Å². The largest absolute Gasteiger partial charge is 0.481 e. The summed E-state index contributed by atoms with van der Waals surface area (Å²) in [6.45, 7) is 0.175. The average Bonchev–Trinajstić information content (AvgIpc) is 3.04. The van der Waals surface area contributed by atoms with Crippen molar-refractivity contribution in [3.63, 3.8) is 0 Å². The molecule has 5 rings (SSSR count). The third-order valence-corrected chi connectivity index (χ3v) is 9.03. The number of carboxylic acid groups (broad SMARTS) is 2. The van der Waals surface area contributed by atoms with E-state index in [1.807, 2.05) is 24.3 Å². The zero-order valence-corrected chi connectivity index (χ0v) is 26.1. The summed E-state index contributed by atoms with van der Waals surface area (Å²) in [5.74, 6) is -5.87. The van der Waals surface area contributed by atoms with E-state index >= 15 is 0 Å². The first-order chi connectivity index (χ1) is 22.9. The van der Waals surface area contributed by atoms with Crippen molar-refractivity contribution in [1.29, 1.82) is 0 Å². The second-order valence-electron chi connectivity index (χ2n) is 12.5.